The zero-order valence-electron chi connectivity index (χ0n) is 14.5. The van der Waals surface area contributed by atoms with Gasteiger partial charge in [0.2, 0.25) is 0 Å². The molecule has 0 fully saturated rings. The molecule has 3 N–H and O–H groups in total. The molecule has 0 bridgehead atoms. The zero-order valence-corrected chi connectivity index (χ0v) is 15.3. The highest BCUT2D eigenvalue weighted by atomic mass is 35.5. The first kappa shape index (κ1) is 19.8. The number of urea groups is 1. The van der Waals surface area contributed by atoms with E-state index in [-0.39, 0.29) is 17.0 Å². The molecule has 9 heteroatoms. The predicted molar refractivity (Wildman–Crippen MR) is 98.6 cm³/mol. The molecular formula is C19H15ClF3N3O2. The number of halogens is 4. The van der Waals surface area contributed by atoms with Crippen LogP contribution >= 0.6 is 11.6 Å². The minimum Gasteiger partial charge on any atom is -0.327 e. The summed E-state index contributed by atoms with van der Waals surface area (Å²) in [4.78, 5) is 24.8. The van der Waals surface area contributed by atoms with Crippen LogP contribution in [0.5, 0.6) is 0 Å². The monoisotopic (exact) mass is 409 g/mol. The Labute approximate surface area is 163 Å². The molecule has 0 radical (unpaired) electrons. The van der Waals surface area contributed by atoms with E-state index in [1.54, 1.807) is 24.3 Å². The summed E-state index contributed by atoms with van der Waals surface area (Å²) in [5.41, 5.74) is -0.499. The summed E-state index contributed by atoms with van der Waals surface area (Å²) in [6.45, 7) is 1.50. The van der Waals surface area contributed by atoms with E-state index < -0.39 is 29.7 Å². The normalized spacial score (nSPS) is 17.0. The van der Waals surface area contributed by atoms with Crippen molar-refractivity contribution in [3.8, 4) is 0 Å². The number of benzene rings is 2. The van der Waals surface area contributed by atoms with Crippen molar-refractivity contribution in [3.05, 3.63) is 76.0 Å². The second-order valence-corrected chi connectivity index (χ2v) is 6.56. The summed E-state index contributed by atoms with van der Waals surface area (Å²) in [5, 5.41) is 7.77. The van der Waals surface area contributed by atoms with Crippen LogP contribution < -0.4 is 16.0 Å². The van der Waals surface area contributed by atoms with Crippen LogP contribution in [0.1, 0.15) is 24.1 Å². The fourth-order valence-electron chi connectivity index (χ4n) is 2.96. The van der Waals surface area contributed by atoms with E-state index in [0.717, 1.165) is 6.07 Å². The van der Waals surface area contributed by atoms with E-state index in [1.165, 1.54) is 25.1 Å². The number of hydrogen-bond acceptors (Lipinski definition) is 2. The van der Waals surface area contributed by atoms with E-state index in [9.17, 15) is 22.8 Å². The van der Waals surface area contributed by atoms with Gasteiger partial charge in [0.15, 0.2) is 0 Å². The quantitative estimate of drug-likeness (QED) is 0.692. The fraction of sp³-hybridized carbons (Fsp3) is 0.158. The number of carbonyl (C=O) groups excluding carboxylic acids is 2. The summed E-state index contributed by atoms with van der Waals surface area (Å²) in [6.07, 6.45) is -4.63. The van der Waals surface area contributed by atoms with Crippen LogP contribution in [0.25, 0.3) is 0 Å². The van der Waals surface area contributed by atoms with Gasteiger partial charge in [0, 0.05) is 10.7 Å². The molecule has 28 heavy (non-hydrogen) atoms. The van der Waals surface area contributed by atoms with Crippen LogP contribution in [0.2, 0.25) is 5.02 Å². The van der Waals surface area contributed by atoms with Crippen molar-refractivity contribution >= 4 is 29.2 Å². The Morgan fingerprint density at radius 1 is 1.14 bits per heavy atom. The average Bonchev–Trinajstić information content (AvgIpc) is 2.60. The van der Waals surface area contributed by atoms with Gasteiger partial charge in [0.25, 0.3) is 5.91 Å². The molecule has 0 saturated heterocycles. The average molecular weight is 410 g/mol. The molecule has 0 aliphatic carbocycles. The Kier molecular flexibility index (Phi) is 5.33. The SMILES string of the molecule is CC1=C(C(=O)Nc2ccccc2C(F)(F)F)C(c2cccc(Cl)c2)NC(=O)N1. The van der Waals surface area contributed by atoms with E-state index >= 15 is 0 Å². The van der Waals surface area contributed by atoms with Crippen molar-refractivity contribution in [2.75, 3.05) is 5.32 Å². The van der Waals surface area contributed by atoms with Gasteiger partial charge in [0.1, 0.15) is 0 Å². The van der Waals surface area contributed by atoms with Gasteiger partial charge >= 0.3 is 12.2 Å². The number of anilines is 1. The van der Waals surface area contributed by atoms with Gasteiger partial charge in [-0.1, -0.05) is 35.9 Å². The van der Waals surface area contributed by atoms with Crippen molar-refractivity contribution in [2.24, 2.45) is 0 Å². The minimum absolute atomic E-state index is 0.0823. The third-order valence-electron chi connectivity index (χ3n) is 4.18. The molecular weight excluding hydrogens is 395 g/mol. The molecule has 3 amide bonds. The third-order valence-corrected chi connectivity index (χ3v) is 4.41. The fourth-order valence-corrected chi connectivity index (χ4v) is 3.16. The van der Waals surface area contributed by atoms with Crippen molar-refractivity contribution in [2.45, 2.75) is 19.1 Å². The van der Waals surface area contributed by atoms with Gasteiger partial charge < -0.3 is 16.0 Å². The predicted octanol–water partition coefficient (Wildman–Crippen LogP) is 4.63. The number of amides is 3. The van der Waals surface area contributed by atoms with Crippen LogP contribution in [0.15, 0.2) is 59.8 Å². The first-order chi connectivity index (χ1) is 13.2. The maximum Gasteiger partial charge on any atom is 0.418 e. The van der Waals surface area contributed by atoms with Gasteiger partial charge in [-0.2, -0.15) is 13.2 Å². The summed E-state index contributed by atoms with van der Waals surface area (Å²) < 4.78 is 39.6. The third kappa shape index (κ3) is 4.12. The van der Waals surface area contributed by atoms with Crippen LogP contribution in [0.3, 0.4) is 0 Å². The first-order valence-electron chi connectivity index (χ1n) is 8.18. The lowest BCUT2D eigenvalue weighted by molar-refractivity contribution is -0.137. The van der Waals surface area contributed by atoms with E-state index in [2.05, 4.69) is 16.0 Å². The van der Waals surface area contributed by atoms with Gasteiger partial charge in [-0.25, -0.2) is 4.79 Å². The smallest absolute Gasteiger partial charge is 0.327 e. The first-order valence-corrected chi connectivity index (χ1v) is 8.56. The highest BCUT2D eigenvalue weighted by molar-refractivity contribution is 6.30. The topological polar surface area (TPSA) is 70.2 Å². The lowest BCUT2D eigenvalue weighted by Crippen LogP contribution is -2.46. The molecule has 0 saturated carbocycles. The van der Waals surface area contributed by atoms with Crippen molar-refractivity contribution in [1.82, 2.24) is 10.6 Å². The van der Waals surface area contributed by atoms with E-state index in [4.69, 9.17) is 11.6 Å². The van der Waals surface area contributed by atoms with Gasteiger partial charge in [-0.3, -0.25) is 4.79 Å². The molecule has 1 aliphatic rings. The molecule has 1 heterocycles. The molecule has 2 aromatic rings. The number of nitrogens with one attached hydrogen (secondary N) is 3. The number of alkyl halides is 3. The summed E-state index contributed by atoms with van der Waals surface area (Å²) in [5.74, 6) is -0.772. The number of rotatable bonds is 3. The molecule has 1 aliphatic heterocycles. The maximum absolute atomic E-state index is 13.2. The van der Waals surface area contributed by atoms with Crippen molar-refractivity contribution in [1.29, 1.82) is 0 Å². The van der Waals surface area contributed by atoms with Crippen molar-refractivity contribution < 1.29 is 22.8 Å². The van der Waals surface area contributed by atoms with Gasteiger partial charge in [-0.05, 0) is 36.8 Å². The summed E-state index contributed by atoms with van der Waals surface area (Å²) in [6, 6.07) is 9.78. The molecule has 5 nitrogen and oxygen atoms in total. The second-order valence-electron chi connectivity index (χ2n) is 6.12. The largest absolute Gasteiger partial charge is 0.418 e. The highest BCUT2D eigenvalue weighted by Crippen LogP contribution is 2.35. The number of hydrogen-bond donors (Lipinski definition) is 3. The molecule has 0 spiro atoms. The minimum atomic E-state index is -4.63. The zero-order chi connectivity index (χ0) is 20.5. The summed E-state index contributed by atoms with van der Waals surface area (Å²) in [7, 11) is 0. The lowest BCUT2D eigenvalue weighted by Gasteiger charge is -2.29. The Hall–Kier alpha value is -3.00. The highest BCUT2D eigenvalue weighted by Gasteiger charge is 2.35. The Morgan fingerprint density at radius 3 is 2.54 bits per heavy atom. The molecule has 146 valence electrons. The summed E-state index contributed by atoms with van der Waals surface area (Å²) >= 11 is 5.99. The van der Waals surface area contributed by atoms with E-state index in [1.807, 2.05) is 0 Å². The van der Waals surface area contributed by atoms with Crippen LogP contribution in [-0.4, -0.2) is 11.9 Å². The molecule has 1 atom stereocenters. The molecule has 0 aromatic heterocycles. The second kappa shape index (κ2) is 7.55. The number of para-hydroxylation sites is 1. The molecule has 2 aromatic carbocycles. The maximum atomic E-state index is 13.2. The number of carbonyl (C=O) groups is 2. The van der Waals surface area contributed by atoms with Gasteiger partial charge in [0.05, 0.1) is 22.9 Å². The molecule has 3 rings (SSSR count). The lowest BCUT2D eigenvalue weighted by atomic mass is 9.94. The Morgan fingerprint density at radius 2 is 1.86 bits per heavy atom. The number of allylic oxidation sites excluding steroid dienone is 1. The van der Waals surface area contributed by atoms with Gasteiger partial charge in [-0.15, -0.1) is 0 Å². The van der Waals surface area contributed by atoms with Crippen LogP contribution in [0, 0.1) is 0 Å². The van der Waals surface area contributed by atoms with Crippen molar-refractivity contribution in [3.63, 3.8) is 0 Å². The Bertz CT molecular complexity index is 973. The van der Waals surface area contributed by atoms with E-state index in [0.29, 0.717) is 10.6 Å². The molecule has 1 unspecified atom stereocenters. The Balaban J connectivity index is 1.99. The van der Waals surface area contributed by atoms with Crippen LogP contribution in [0.4, 0.5) is 23.7 Å². The standard InChI is InChI=1S/C19H15ClF3N3O2/c1-10-15(16(26-18(28)24-10)11-5-4-6-12(20)9-11)17(27)25-14-8-3-2-7-13(14)19(21,22)23/h2-9,16H,1H3,(H,25,27)(H2,24,26,28). The van der Waals surface area contributed by atoms with Crippen LogP contribution in [-0.2, 0) is 11.0 Å².